The molecule has 0 aliphatic rings. The van der Waals surface area contributed by atoms with Gasteiger partial charge in [-0.1, -0.05) is 19.1 Å². The van der Waals surface area contributed by atoms with E-state index in [0.29, 0.717) is 6.42 Å². The van der Waals surface area contributed by atoms with Crippen LogP contribution in [-0.4, -0.2) is 23.8 Å². The third kappa shape index (κ3) is 4.37. The molecule has 1 atom stereocenters. The SMILES string of the molecule is CCC(CCO)NC(=O)Nc1cc(C)ccc1C. The molecule has 0 fully saturated rings. The Morgan fingerprint density at radius 2 is 2.11 bits per heavy atom. The van der Waals surface area contributed by atoms with E-state index in [-0.39, 0.29) is 18.7 Å². The fraction of sp³-hybridized carbons (Fsp3) is 0.500. The van der Waals surface area contributed by atoms with E-state index in [4.69, 9.17) is 5.11 Å². The Bertz CT molecular complexity index is 405. The zero-order valence-corrected chi connectivity index (χ0v) is 11.3. The van der Waals surface area contributed by atoms with Crippen LogP contribution < -0.4 is 10.6 Å². The van der Waals surface area contributed by atoms with Crippen molar-refractivity contribution in [3.63, 3.8) is 0 Å². The summed E-state index contributed by atoms with van der Waals surface area (Å²) in [5, 5.41) is 14.6. The lowest BCUT2D eigenvalue weighted by molar-refractivity contribution is 0.237. The molecule has 4 heteroatoms. The second-order valence-electron chi connectivity index (χ2n) is 4.53. The van der Waals surface area contributed by atoms with Crippen LogP contribution in [0.15, 0.2) is 18.2 Å². The van der Waals surface area contributed by atoms with Gasteiger partial charge in [0.05, 0.1) is 0 Å². The normalized spacial score (nSPS) is 12.0. The van der Waals surface area contributed by atoms with E-state index in [1.165, 1.54) is 0 Å². The number of urea groups is 1. The van der Waals surface area contributed by atoms with Crippen LogP contribution >= 0.6 is 0 Å². The first-order valence-corrected chi connectivity index (χ1v) is 6.32. The largest absolute Gasteiger partial charge is 0.396 e. The molecule has 3 N–H and O–H groups in total. The number of amides is 2. The number of rotatable bonds is 5. The summed E-state index contributed by atoms with van der Waals surface area (Å²) >= 11 is 0. The van der Waals surface area contributed by atoms with E-state index in [0.717, 1.165) is 23.2 Å². The Balaban J connectivity index is 2.61. The fourth-order valence-electron chi connectivity index (χ4n) is 1.75. The molecule has 1 aromatic carbocycles. The van der Waals surface area contributed by atoms with Crippen molar-refractivity contribution in [2.24, 2.45) is 0 Å². The minimum atomic E-state index is -0.219. The summed E-state index contributed by atoms with van der Waals surface area (Å²) in [6, 6.07) is 5.74. The summed E-state index contributed by atoms with van der Waals surface area (Å²) in [5.41, 5.74) is 2.97. The predicted octanol–water partition coefficient (Wildman–Crippen LogP) is 2.59. The van der Waals surface area contributed by atoms with Crippen molar-refractivity contribution in [2.75, 3.05) is 11.9 Å². The average Bonchev–Trinajstić information content (AvgIpc) is 2.33. The Hall–Kier alpha value is -1.55. The highest BCUT2D eigenvalue weighted by Gasteiger charge is 2.10. The van der Waals surface area contributed by atoms with E-state index >= 15 is 0 Å². The maximum absolute atomic E-state index is 11.8. The Labute approximate surface area is 108 Å². The first-order valence-electron chi connectivity index (χ1n) is 6.32. The van der Waals surface area contributed by atoms with Crippen molar-refractivity contribution in [1.29, 1.82) is 0 Å². The number of hydrogen-bond acceptors (Lipinski definition) is 2. The van der Waals surface area contributed by atoms with Crippen molar-refractivity contribution < 1.29 is 9.90 Å². The van der Waals surface area contributed by atoms with Crippen LogP contribution in [0.4, 0.5) is 10.5 Å². The highest BCUT2D eigenvalue weighted by Crippen LogP contribution is 2.16. The molecule has 0 aliphatic carbocycles. The number of anilines is 1. The summed E-state index contributed by atoms with van der Waals surface area (Å²) in [6.07, 6.45) is 1.39. The molecule has 0 saturated carbocycles. The molecular weight excluding hydrogens is 228 g/mol. The van der Waals surface area contributed by atoms with Crippen molar-refractivity contribution in [2.45, 2.75) is 39.7 Å². The lowest BCUT2D eigenvalue weighted by atomic mass is 10.1. The molecule has 0 radical (unpaired) electrons. The minimum absolute atomic E-state index is 0.0140. The van der Waals surface area contributed by atoms with E-state index < -0.39 is 0 Å². The van der Waals surface area contributed by atoms with E-state index in [1.54, 1.807) is 0 Å². The van der Waals surface area contributed by atoms with Gasteiger partial charge in [-0.25, -0.2) is 4.79 Å². The number of hydrogen-bond donors (Lipinski definition) is 3. The van der Waals surface area contributed by atoms with Gasteiger partial charge in [0.25, 0.3) is 0 Å². The van der Waals surface area contributed by atoms with Crippen LogP contribution in [0.2, 0.25) is 0 Å². The zero-order valence-electron chi connectivity index (χ0n) is 11.3. The van der Waals surface area contributed by atoms with Gasteiger partial charge in [0, 0.05) is 18.3 Å². The molecule has 2 amide bonds. The Kier molecular flexibility index (Phi) is 5.65. The van der Waals surface area contributed by atoms with Crippen LogP contribution in [0.3, 0.4) is 0 Å². The Morgan fingerprint density at radius 3 is 2.72 bits per heavy atom. The van der Waals surface area contributed by atoms with Crippen LogP contribution in [0, 0.1) is 13.8 Å². The predicted molar refractivity (Wildman–Crippen MR) is 73.9 cm³/mol. The van der Waals surface area contributed by atoms with E-state index in [2.05, 4.69) is 10.6 Å². The van der Waals surface area contributed by atoms with Gasteiger partial charge in [0.2, 0.25) is 0 Å². The average molecular weight is 250 g/mol. The van der Waals surface area contributed by atoms with Crippen LogP contribution in [0.5, 0.6) is 0 Å². The molecule has 0 aliphatic heterocycles. The lowest BCUT2D eigenvalue weighted by Gasteiger charge is -2.17. The molecule has 0 aromatic heterocycles. The molecular formula is C14H22N2O2. The van der Waals surface area contributed by atoms with Gasteiger partial charge in [0.15, 0.2) is 0 Å². The molecule has 1 aromatic rings. The number of aliphatic hydroxyl groups excluding tert-OH is 1. The standard InChI is InChI=1S/C14H22N2O2/c1-4-12(7-8-17)15-14(18)16-13-9-10(2)5-6-11(13)3/h5-6,9,12,17H,4,7-8H2,1-3H3,(H2,15,16,18). The topological polar surface area (TPSA) is 61.4 Å². The molecule has 4 nitrogen and oxygen atoms in total. The van der Waals surface area contributed by atoms with Crippen molar-refractivity contribution in [3.05, 3.63) is 29.3 Å². The van der Waals surface area contributed by atoms with Gasteiger partial charge >= 0.3 is 6.03 Å². The van der Waals surface area contributed by atoms with Gasteiger partial charge in [-0.15, -0.1) is 0 Å². The highest BCUT2D eigenvalue weighted by atomic mass is 16.3. The fourth-order valence-corrected chi connectivity index (χ4v) is 1.75. The van der Waals surface area contributed by atoms with Gasteiger partial charge in [-0.2, -0.15) is 0 Å². The van der Waals surface area contributed by atoms with Crippen molar-refractivity contribution in [1.82, 2.24) is 5.32 Å². The number of nitrogens with one attached hydrogen (secondary N) is 2. The number of aryl methyl sites for hydroxylation is 2. The van der Waals surface area contributed by atoms with Crippen LogP contribution in [-0.2, 0) is 0 Å². The van der Waals surface area contributed by atoms with Gasteiger partial charge in [-0.3, -0.25) is 0 Å². The number of benzene rings is 1. The van der Waals surface area contributed by atoms with Crippen LogP contribution in [0.1, 0.15) is 30.9 Å². The first-order chi connectivity index (χ1) is 8.56. The van der Waals surface area contributed by atoms with Gasteiger partial charge in [0.1, 0.15) is 0 Å². The summed E-state index contributed by atoms with van der Waals surface area (Å²) in [4.78, 5) is 11.8. The maximum Gasteiger partial charge on any atom is 0.319 e. The summed E-state index contributed by atoms with van der Waals surface area (Å²) < 4.78 is 0. The number of carbonyl (C=O) groups is 1. The molecule has 0 saturated heterocycles. The van der Waals surface area contributed by atoms with E-state index in [1.807, 2.05) is 39.0 Å². The van der Waals surface area contributed by atoms with Crippen LogP contribution in [0.25, 0.3) is 0 Å². The van der Waals surface area contributed by atoms with Gasteiger partial charge < -0.3 is 15.7 Å². The van der Waals surface area contributed by atoms with Crippen molar-refractivity contribution in [3.8, 4) is 0 Å². The minimum Gasteiger partial charge on any atom is -0.396 e. The summed E-state index contributed by atoms with van der Waals surface area (Å²) in [6.45, 7) is 6.02. The summed E-state index contributed by atoms with van der Waals surface area (Å²) in [7, 11) is 0. The number of carbonyl (C=O) groups excluding carboxylic acids is 1. The Morgan fingerprint density at radius 1 is 1.39 bits per heavy atom. The third-order valence-corrected chi connectivity index (χ3v) is 2.95. The first kappa shape index (κ1) is 14.5. The monoisotopic (exact) mass is 250 g/mol. The van der Waals surface area contributed by atoms with E-state index in [9.17, 15) is 4.79 Å². The summed E-state index contributed by atoms with van der Waals surface area (Å²) in [5.74, 6) is 0. The molecule has 0 bridgehead atoms. The third-order valence-electron chi connectivity index (χ3n) is 2.95. The van der Waals surface area contributed by atoms with Gasteiger partial charge in [-0.05, 0) is 43.9 Å². The molecule has 1 rings (SSSR count). The second kappa shape index (κ2) is 7.01. The number of aliphatic hydroxyl groups is 1. The molecule has 18 heavy (non-hydrogen) atoms. The molecule has 100 valence electrons. The molecule has 0 heterocycles. The maximum atomic E-state index is 11.8. The lowest BCUT2D eigenvalue weighted by Crippen LogP contribution is -2.38. The smallest absolute Gasteiger partial charge is 0.319 e. The second-order valence-corrected chi connectivity index (χ2v) is 4.53. The van der Waals surface area contributed by atoms with Crippen molar-refractivity contribution >= 4 is 11.7 Å². The highest BCUT2D eigenvalue weighted by molar-refractivity contribution is 5.90. The zero-order chi connectivity index (χ0) is 13.5. The molecule has 1 unspecified atom stereocenters. The molecule has 0 spiro atoms. The quantitative estimate of drug-likeness (QED) is 0.752.